The highest BCUT2D eigenvalue weighted by Gasteiger charge is 2.19. The van der Waals surface area contributed by atoms with E-state index in [-0.39, 0.29) is 17.0 Å². The van der Waals surface area contributed by atoms with Gasteiger partial charge in [0.1, 0.15) is 11.1 Å². The summed E-state index contributed by atoms with van der Waals surface area (Å²) in [6.45, 7) is 1.99. The van der Waals surface area contributed by atoms with Crippen molar-refractivity contribution >= 4 is 27.0 Å². The van der Waals surface area contributed by atoms with Crippen LogP contribution >= 0.6 is 11.3 Å². The first-order chi connectivity index (χ1) is 9.42. The van der Waals surface area contributed by atoms with Crippen LogP contribution in [0.5, 0.6) is 0 Å². The van der Waals surface area contributed by atoms with E-state index >= 15 is 0 Å². The topological polar surface area (TPSA) is 109 Å². The molecule has 20 heavy (non-hydrogen) atoms. The first-order valence-electron chi connectivity index (χ1n) is 5.63. The van der Waals surface area contributed by atoms with E-state index in [1.807, 2.05) is 13.0 Å². The Morgan fingerprint density at radius 2 is 2.25 bits per heavy atom. The summed E-state index contributed by atoms with van der Waals surface area (Å²) in [5.74, 6) is 0. The van der Waals surface area contributed by atoms with Gasteiger partial charge in [0, 0.05) is 16.8 Å². The number of aryl methyl sites for hydroxylation is 1. The molecular formula is C12H12N4O2S2. The van der Waals surface area contributed by atoms with Crippen molar-refractivity contribution in [2.45, 2.75) is 18.4 Å². The third-order valence-electron chi connectivity index (χ3n) is 2.50. The van der Waals surface area contributed by atoms with Crippen LogP contribution in [0.1, 0.15) is 15.4 Å². The maximum atomic E-state index is 12.2. The number of nitrogens with zero attached hydrogens (tertiary/aromatic N) is 2. The van der Waals surface area contributed by atoms with Crippen molar-refractivity contribution in [2.75, 3.05) is 5.73 Å². The quantitative estimate of drug-likeness (QED) is 0.829. The maximum absolute atomic E-state index is 12.2. The molecule has 0 unspecified atom stereocenters. The molecular weight excluding hydrogens is 296 g/mol. The predicted molar refractivity (Wildman–Crippen MR) is 76.4 cm³/mol. The zero-order chi connectivity index (χ0) is 14.8. The van der Waals surface area contributed by atoms with Crippen molar-refractivity contribution in [1.82, 2.24) is 9.71 Å². The molecule has 2 rings (SSSR count). The van der Waals surface area contributed by atoms with E-state index in [9.17, 15) is 8.42 Å². The number of hydrogen-bond donors (Lipinski definition) is 2. The van der Waals surface area contributed by atoms with Crippen molar-refractivity contribution in [3.05, 3.63) is 39.8 Å². The zero-order valence-electron chi connectivity index (χ0n) is 10.6. The molecule has 1 heterocycles. The van der Waals surface area contributed by atoms with E-state index in [1.54, 1.807) is 6.20 Å². The largest absolute Gasteiger partial charge is 0.399 e. The minimum atomic E-state index is -3.77. The number of nitrogens with two attached hydrogens (primary N) is 1. The van der Waals surface area contributed by atoms with Crippen LogP contribution < -0.4 is 10.5 Å². The molecule has 3 N–H and O–H groups in total. The van der Waals surface area contributed by atoms with Crippen LogP contribution in [0.4, 0.5) is 5.69 Å². The second kappa shape index (κ2) is 5.58. The predicted octanol–water partition coefficient (Wildman–Crippen LogP) is 1.38. The van der Waals surface area contributed by atoms with Gasteiger partial charge in [0.2, 0.25) is 10.0 Å². The molecule has 0 aliphatic rings. The number of hydrogen-bond acceptors (Lipinski definition) is 6. The van der Waals surface area contributed by atoms with Crippen LogP contribution in [0.2, 0.25) is 0 Å². The second-order valence-electron chi connectivity index (χ2n) is 4.06. The molecule has 0 fully saturated rings. The number of nitrogens with one attached hydrogen (secondary N) is 1. The lowest BCUT2D eigenvalue weighted by molar-refractivity contribution is 0.581. The molecule has 0 aliphatic heterocycles. The Bertz CT molecular complexity index is 775. The molecule has 0 radical (unpaired) electrons. The van der Waals surface area contributed by atoms with E-state index in [2.05, 4.69) is 9.71 Å². The molecule has 6 nitrogen and oxygen atoms in total. The molecule has 0 atom stereocenters. The van der Waals surface area contributed by atoms with Gasteiger partial charge in [-0.05, 0) is 25.1 Å². The fourth-order valence-corrected chi connectivity index (χ4v) is 3.53. The average Bonchev–Trinajstić information content (AvgIpc) is 2.82. The first-order valence-corrected chi connectivity index (χ1v) is 7.93. The van der Waals surface area contributed by atoms with Crippen LogP contribution in [0.15, 0.2) is 29.3 Å². The molecule has 8 heteroatoms. The van der Waals surface area contributed by atoms with Crippen molar-refractivity contribution in [3.63, 3.8) is 0 Å². The number of thiazole rings is 1. The molecule has 0 spiro atoms. The van der Waals surface area contributed by atoms with Gasteiger partial charge in [0.15, 0.2) is 0 Å². The fraction of sp³-hybridized carbons (Fsp3) is 0.167. The number of nitriles is 1. The molecule has 0 saturated heterocycles. The maximum Gasteiger partial charge on any atom is 0.242 e. The summed E-state index contributed by atoms with van der Waals surface area (Å²) in [5.41, 5.74) is 5.90. The Labute approximate surface area is 120 Å². The lowest BCUT2D eigenvalue weighted by Gasteiger charge is -2.07. The van der Waals surface area contributed by atoms with E-state index in [4.69, 9.17) is 11.0 Å². The lowest BCUT2D eigenvalue weighted by atomic mass is 10.2. The Hall–Kier alpha value is -1.95. The Kier molecular flexibility index (Phi) is 4.04. The van der Waals surface area contributed by atoms with Crippen molar-refractivity contribution in [1.29, 1.82) is 5.26 Å². The Morgan fingerprint density at radius 1 is 1.50 bits per heavy atom. The van der Waals surface area contributed by atoms with Crippen molar-refractivity contribution in [3.8, 4) is 6.07 Å². The number of anilines is 1. The van der Waals surface area contributed by atoms with E-state index in [0.29, 0.717) is 10.7 Å². The van der Waals surface area contributed by atoms with E-state index in [0.717, 1.165) is 4.88 Å². The van der Waals surface area contributed by atoms with Gasteiger partial charge in [0.25, 0.3) is 0 Å². The third-order valence-corrected chi connectivity index (χ3v) is 4.87. The van der Waals surface area contributed by atoms with Gasteiger partial charge < -0.3 is 5.73 Å². The van der Waals surface area contributed by atoms with E-state index < -0.39 is 10.0 Å². The number of benzene rings is 1. The summed E-state index contributed by atoms with van der Waals surface area (Å²) in [5, 5.41) is 9.65. The second-order valence-corrected chi connectivity index (χ2v) is 7.11. The SMILES string of the molecule is Cc1cnc(CNS(=O)(=O)c2ccc(N)cc2C#N)s1. The van der Waals surface area contributed by atoms with Crippen LogP contribution in [-0.4, -0.2) is 13.4 Å². The van der Waals surface area contributed by atoms with E-state index in [1.165, 1.54) is 29.5 Å². The molecule has 0 bridgehead atoms. The van der Waals surface area contributed by atoms with Gasteiger partial charge in [0.05, 0.1) is 17.0 Å². The molecule has 1 aromatic carbocycles. The number of nitrogen functional groups attached to an aromatic ring is 1. The highest BCUT2D eigenvalue weighted by molar-refractivity contribution is 7.89. The molecule has 104 valence electrons. The smallest absolute Gasteiger partial charge is 0.242 e. The molecule has 2 aromatic rings. The fourth-order valence-electron chi connectivity index (χ4n) is 1.59. The molecule has 0 amide bonds. The Morgan fingerprint density at radius 3 is 2.85 bits per heavy atom. The highest BCUT2D eigenvalue weighted by atomic mass is 32.2. The molecule has 0 saturated carbocycles. The van der Waals surface area contributed by atoms with Crippen molar-refractivity contribution in [2.24, 2.45) is 0 Å². The van der Waals surface area contributed by atoms with Crippen molar-refractivity contribution < 1.29 is 8.42 Å². The summed E-state index contributed by atoms with van der Waals surface area (Å²) in [4.78, 5) is 5.00. The molecule has 0 aliphatic carbocycles. The summed E-state index contributed by atoms with van der Waals surface area (Å²) in [7, 11) is -3.77. The van der Waals surface area contributed by atoms with Crippen LogP contribution in [0.25, 0.3) is 0 Å². The summed E-state index contributed by atoms with van der Waals surface area (Å²) < 4.78 is 26.8. The standard InChI is InChI=1S/C12H12N4O2S2/c1-8-6-15-12(19-8)7-16-20(17,18)11-3-2-10(14)4-9(11)5-13/h2-4,6,16H,7,14H2,1H3. The van der Waals surface area contributed by atoms with Gasteiger partial charge in [-0.15, -0.1) is 11.3 Å². The Balaban J connectivity index is 2.25. The number of sulfonamides is 1. The highest BCUT2D eigenvalue weighted by Crippen LogP contribution is 2.19. The molecule has 1 aromatic heterocycles. The summed E-state index contributed by atoms with van der Waals surface area (Å²) >= 11 is 1.41. The summed E-state index contributed by atoms with van der Waals surface area (Å²) in [6, 6.07) is 5.94. The van der Waals surface area contributed by atoms with Gasteiger partial charge in [-0.1, -0.05) is 0 Å². The monoisotopic (exact) mass is 308 g/mol. The van der Waals surface area contributed by atoms with Crippen LogP contribution in [-0.2, 0) is 16.6 Å². The van der Waals surface area contributed by atoms with Gasteiger partial charge in [-0.25, -0.2) is 18.1 Å². The van der Waals surface area contributed by atoms with Gasteiger partial charge in [-0.2, -0.15) is 5.26 Å². The normalized spacial score (nSPS) is 11.2. The lowest BCUT2D eigenvalue weighted by Crippen LogP contribution is -2.24. The zero-order valence-corrected chi connectivity index (χ0v) is 12.3. The van der Waals surface area contributed by atoms with Crippen LogP contribution in [0, 0.1) is 18.3 Å². The van der Waals surface area contributed by atoms with Gasteiger partial charge >= 0.3 is 0 Å². The van der Waals surface area contributed by atoms with Gasteiger partial charge in [-0.3, -0.25) is 0 Å². The average molecular weight is 308 g/mol. The first kappa shape index (κ1) is 14.5. The third kappa shape index (κ3) is 3.14. The minimum absolute atomic E-state index is 0.0211. The number of aromatic nitrogens is 1. The number of rotatable bonds is 4. The minimum Gasteiger partial charge on any atom is -0.399 e. The summed E-state index contributed by atoms with van der Waals surface area (Å²) in [6.07, 6.45) is 1.68. The van der Waals surface area contributed by atoms with Crippen LogP contribution in [0.3, 0.4) is 0 Å².